The van der Waals surface area contributed by atoms with E-state index < -0.39 is 5.91 Å². The molecule has 1 saturated heterocycles. The number of hydrazine groups is 1. The van der Waals surface area contributed by atoms with E-state index in [1.165, 1.54) is 16.8 Å². The minimum Gasteiger partial charge on any atom is -0.455 e. The summed E-state index contributed by atoms with van der Waals surface area (Å²) >= 11 is 7.64. The van der Waals surface area contributed by atoms with Gasteiger partial charge in [-0.1, -0.05) is 66.2 Å². The van der Waals surface area contributed by atoms with Crippen LogP contribution in [0.3, 0.4) is 0 Å². The van der Waals surface area contributed by atoms with E-state index in [0.29, 0.717) is 27.8 Å². The second kappa shape index (κ2) is 8.59. The first-order valence-corrected chi connectivity index (χ1v) is 10.4. The summed E-state index contributed by atoms with van der Waals surface area (Å²) in [7, 11) is 0. The number of hydrogen-bond acceptors (Lipinski definition) is 4. The Hall–Kier alpha value is -2.96. The van der Waals surface area contributed by atoms with Crippen LogP contribution in [0.15, 0.2) is 78.9 Å². The van der Waals surface area contributed by atoms with Crippen molar-refractivity contribution in [3.05, 3.63) is 95.0 Å². The lowest BCUT2D eigenvalue weighted by molar-refractivity contribution is -0.130. The van der Waals surface area contributed by atoms with Gasteiger partial charge in [-0.3, -0.25) is 15.0 Å². The third-order valence-electron chi connectivity index (χ3n) is 4.36. The summed E-state index contributed by atoms with van der Waals surface area (Å²) in [5.41, 5.74) is 4.00. The van der Waals surface area contributed by atoms with Gasteiger partial charge in [-0.25, -0.2) is 5.01 Å². The summed E-state index contributed by atoms with van der Waals surface area (Å²) < 4.78 is 5.86. The van der Waals surface area contributed by atoms with E-state index in [9.17, 15) is 9.59 Å². The molecular weight excluding hydrogens is 408 g/mol. The molecule has 7 heteroatoms. The summed E-state index contributed by atoms with van der Waals surface area (Å²) in [4.78, 5) is 25.4. The fourth-order valence-electron chi connectivity index (χ4n) is 2.97. The van der Waals surface area contributed by atoms with Crippen LogP contribution in [0, 0.1) is 0 Å². The van der Waals surface area contributed by atoms with E-state index in [1.54, 1.807) is 48.5 Å². The second-order valence-electron chi connectivity index (χ2n) is 6.31. The lowest BCUT2D eigenvalue weighted by Crippen LogP contribution is -2.44. The Kier molecular flexibility index (Phi) is 5.74. The molecular formula is C22H17ClN2O3S. The van der Waals surface area contributed by atoms with Crippen molar-refractivity contribution >= 4 is 35.2 Å². The molecule has 1 fully saturated rings. The predicted molar refractivity (Wildman–Crippen MR) is 114 cm³/mol. The van der Waals surface area contributed by atoms with Gasteiger partial charge in [-0.15, -0.1) is 11.8 Å². The molecule has 1 atom stereocenters. The summed E-state index contributed by atoms with van der Waals surface area (Å²) in [5.74, 6) is 0.529. The predicted octanol–water partition coefficient (Wildman–Crippen LogP) is 5.05. The molecule has 0 saturated carbocycles. The molecule has 1 aliphatic heterocycles. The molecule has 0 radical (unpaired) electrons. The molecule has 1 N–H and O–H groups in total. The number of carbonyl (C=O) groups excluding carboxylic acids is 2. The Bertz CT molecular complexity index is 1040. The van der Waals surface area contributed by atoms with Gasteiger partial charge in [0.05, 0.1) is 16.3 Å². The molecule has 4 rings (SSSR count). The van der Waals surface area contributed by atoms with Crippen LogP contribution in [-0.2, 0) is 4.79 Å². The van der Waals surface area contributed by atoms with E-state index in [0.717, 1.165) is 5.56 Å². The molecule has 1 heterocycles. The van der Waals surface area contributed by atoms with Crippen molar-refractivity contribution in [1.82, 2.24) is 10.4 Å². The highest BCUT2D eigenvalue weighted by atomic mass is 35.5. The van der Waals surface area contributed by atoms with E-state index in [1.807, 2.05) is 30.3 Å². The Morgan fingerprint density at radius 1 is 0.966 bits per heavy atom. The Labute approximate surface area is 177 Å². The van der Waals surface area contributed by atoms with Crippen LogP contribution in [-0.4, -0.2) is 22.6 Å². The van der Waals surface area contributed by atoms with Gasteiger partial charge < -0.3 is 4.74 Å². The van der Waals surface area contributed by atoms with Crippen molar-refractivity contribution in [2.75, 3.05) is 5.75 Å². The fraction of sp³-hybridized carbons (Fsp3) is 0.0909. The van der Waals surface area contributed by atoms with Gasteiger partial charge >= 0.3 is 0 Å². The number of nitrogens with one attached hydrogen (secondary N) is 1. The van der Waals surface area contributed by atoms with E-state index in [-0.39, 0.29) is 11.3 Å². The average molecular weight is 425 g/mol. The van der Waals surface area contributed by atoms with Crippen LogP contribution in [0.25, 0.3) is 0 Å². The smallest absolute Gasteiger partial charge is 0.273 e. The number of para-hydroxylation sites is 2. The first-order chi connectivity index (χ1) is 14.1. The van der Waals surface area contributed by atoms with Gasteiger partial charge in [-0.2, -0.15) is 0 Å². The van der Waals surface area contributed by atoms with E-state index in [4.69, 9.17) is 16.3 Å². The molecule has 0 spiro atoms. The first-order valence-electron chi connectivity index (χ1n) is 8.94. The number of halogens is 1. The summed E-state index contributed by atoms with van der Waals surface area (Å²) in [6, 6.07) is 23.5. The lowest BCUT2D eigenvalue weighted by atomic mass is 10.2. The second-order valence-corrected chi connectivity index (χ2v) is 7.78. The zero-order valence-corrected chi connectivity index (χ0v) is 16.8. The zero-order valence-electron chi connectivity index (χ0n) is 15.2. The third kappa shape index (κ3) is 4.23. The minimum atomic E-state index is -0.426. The number of thioether (sulfide) groups is 1. The highest BCUT2D eigenvalue weighted by Gasteiger charge is 2.34. The Balaban J connectivity index is 1.57. The number of rotatable bonds is 5. The maximum Gasteiger partial charge on any atom is 0.273 e. The van der Waals surface area contributed by atoms with E-state index >= 15 is 0 Å². The number of nitrogens with zero attached hydrogens (tertiary/aromatic N) is 1. The van der Waals surface area contributed by atoms with Crippen LogP contribution in [0.5, 0.6) is 11.5 Å². The van der Waals surface area contributed by atoms with Gasteiger partial charge in [0.2, 0.25) is 0 Å². The standard InChI is InChI=1S/C22H17ClN2O3S/c23-17-11-5-7-13-19(17)28-18-12-6-4-10-16(18)21(27)24-25-20(26)14-29-22(25)15-8-2-1-3-9-15/h1-13,22H,14H2,(H,24,27). The number of hydrogen-bond donors (Lipinski definition) is 1. The van der Waals surface area contributed by atoms with Gasteiger partial charge in [0, 0.05) is 0 Å². The SMILES string of the molecule is O=C(NN1C(=O)CSC1c1ccccc1)c1ccccc1Oc1ccccc1Cl. The molecule has 29 heavy (non-hydrogen) atoms. The Morgan fingerprint density at radius 2 is 1.62 bits per heavy atom. The molecule has 2 amide bonds. The van der Waals surface area contributed by atoms with Crippen molar-refractivity contribution in [2.45, 2.75) is 5.37 Å². The lowest BCUT2D eigenvalue weighted by Gasteiger charge is -2.25. The molecule has 0 bridgehead atoms. The molecule has 1 unspecified atom stereocenters. The largest absolute Gasteiger partial charge is 0.455 e. The monoisotopic (exact) mass is 424 g/mol. The molecule has 146 valence electrons. The van der Waals surface area contributed by atoms with Gasteiger partial charge in [-0.05, 0) is 29.8 Å². The quantitative estimate of drug-likeness (QED) is 0.622. The van der Waals surface area contributed by atoms with Crippen molar-refractivity contribution in [1.29, 1.82) is 0 Å². The molecule has 1 aliphatic rings. The molecule has 0 aromatic heterocycles. The maximum atomic E-state index is 13.0. The fourth-order valence-corrected chi connectivity index (χ4v) is 4.25. The van der Waals surface area contributed by atoms with Crippen molar-refractivity contribution in [3.63, 3.8) is 0 Å². The normalized spacial score (nSPS) is 16.0. The van der Waals surface area contributed by atoms with Crippen LogP contribution >= 0.6 is 23.4 Å². The minimum absolute atomic E-state index is 0.151. The van der Waals surface area contributed by atoms with Crippen LogP contribution in [0.1, 0.15) is 21.3 Å². The zero-order chi connectivity index (χ0) is 20.2. The van der Waals surface area contributed by atoms with Crippen molar-refractivity contribution in [2.24, 2.45) is 0 Å². The van der Waals surface area contributed by atoms with Crippen LogP contribution in [0.2, 0.25) is 5.02 Å². The number of carbonyl (C=O) groups is 2. The highest BCUT2D eigenvalue weighted by Crippen LogP contribution is 2.37. The molecule has 3 aromatic carbocycles. The van der Waals surface area contributed by atoms with Gasteiger partial charge in [0.15, 0.2) is 0 Å². The topological polar surface area (TPSA) is 58.6 Å². The summed E-state index contributed by atoms with van der Waals surface area (Å²) in [6.45, 7) is 0. The van der Waals surface area contributed by atoms with E-state index in [2.05, 4.69) is 5.43 Å². The molecule has 5 nitrogen and oxygen atoms in total. The van der Waals surface area contributed by atoms with Crippen LogP contribution < -0.4 is 10.2 Å². The molecule has 3 aromatic rings. The third-order valence-corrected chi connectivity index (χ3v) is 5.89. The van der Waals surface area contributed by atoms with Crippen molar-refractivity contribution in [3.8, 4) is 11.5 Å². The van der Waals surface area contributed by atoms with Gasteiger partial charge in [0.1, 0.15) is 16.9 Å². The highest BCUT2D eigenvalue weighted by molar-refractivity contribution is 8.00. The number of ether oxygens (including phenoxy) is 1. The summed E-state index contributed by atoms with van der Waals surface area (Å²) in [5, 5.41) is 1.55. The molecule has 0 aliphatic carbocycles. The summed E-state index contributed by atoms with van der Waals surface area (Å²) in [6.07, 6.45) is 0. The number of amides is 2. The maximum absolute atomic E-state index is 13.0. The van der Waals surface area contributed by atoms with Gasteiger partial charge in [0.25, 0.3) is 11.8 Å². The Morgan fingerprint density at radius 3 is 2.38 bits per heavy atom. The van der Waals surface area contributed by atoms with Crippen molar-refractivity contribution < 1.29 is 14.3 Å². The van der Waals surface area contributed by atoms with Crippen LogP contribution in [0.4, 0.5) is 0 Å². The number of benzene rings is 3. The first kappa shape index (κ1) is 19.4. The average Bonchev–Trinajstić information content (AvgIpc) is 3.11.